The molecule has 4 unspecified atom stereocenters. The Labute approximate surface area is 165 Å². The Morgan fingerprint density at radius 2 is 1.38 bits per heavy atom. The van der Waals surface area contributed by atoms with E-state index < -0.39 is 17.0 Å². The summed E-state index contributed by atoms with van der Waals surface area (Å²) in [6.45, 7) is 9.45. The molecule has 0 aromatic heterocycles. The van der Waals surface area contributed by atoms with E-state index in [0.717, 1.165) is 17.4 Å². The van der Waals surface area contributed by atoms with Gasteiger partial charge >= 0.3 is 35.6 Å². The fourth-order valence-electron chi connectivity index (χ4n) is 3.89. The maximum atomic E-state index is 10.4. The first-order valence-electron chi connectivity index (χ1n) is 8.06. The second-order valence-corrected chi connectivity index (χ2v) is 9.42. The van der Waals surface area contributed by atoms with E-state index in [1.165, 1.54) is 5.56 Å². The van der Waals surface area contributed by atoms with Crippen molar-refractivity contribution in [1.29, 1.82) is 0 Å². The third-order valence-corrected chi connectivity index (χ3v) is 5.61. The van der Waals surface area contributed by atoms with Crippen molar-refractivity contribution in [3.63, 3.8) is 0 Å². The average Bonchev–Trinajstić information content (AvgIpc) is 2.71. The molecule has 4 atom stereocenters. The monoisotopic (exact) mass is 404 g/mol. The zero-order valence-corrected chi connectivity index (χ0v) is 18.9. The molecular weight excluding hydrogens is 375 g/mol. The third kappa shape index (κ3) is 5.24. The molecule has 0 heterocycles. The Hall–Kier alpha value is -0.0157. The molecule has 2 rings (SSSR count). The molecule has 0 aliphatic heterocycles. The molecule has 2 nitrogen and oxygen atoms in total. The topological polar surface area (TPSA) is 25.5 Å². The van der Waals surface area contributed by atoms with Gasteiger partial charge in [0.1, 0.15) is 0 Å². The van der Waals surface area contributed by atoms with Crippen LogP contribution >= 0.6 is 18.6 Å². The average molecular weight is 405 g/mol. The van der Waals surface area contributed by atoms with Gasteiger partial charge in [0.15, 0.2) is 0 Å². The third-order valence-electron chi connectivity index (χ3n) is 5.61. The fraction of sp³-hybridized carbons (Fsp3) is 0.579. The number of halogens is 2. The van der Waals surface area contributed by atoms with Gasteiger partial charge < -0.3 is 17.7 Å². The van der Waals surface area contributed by atoms with Crippen molar-refractivity contribution in [3.8, 4) is 0 Å². The minimum atomic E-state index is -0.556. The number of nitrogens with zero attached hydrogens (tertiary/aromatic N) is 2. The number of rotatable bonds is 2. The molecule has 1 aliphatic carbocycles. The van der Waals surface area contributed by atoms with E-state index in [1.54, 1.807) is 4.90 Å². The predicted octanol–water partition coefficient (Wildman–Crippen LogP) is 6.03. The van der Waals surface area contributed by atoms with Gasteiger partial charge in [0.25, 0.3) is 0 Å². The van der Waals surface area contributed by atoms with Gasteiger partial charge in [-0.2, -0.15) is 0 Å². The van der Waals surface area contributed by atoms with E-state index in [4.69, 9.17) is 18.6 Å². The van der Waals surface area contributed by atoms with E-state index in [2.05, 4.69) is 39.8 Å². The molecule has 136 valence electrons. The van der Waals surface area contributed by atoms with Gasteiger partial charge in [-0.3, -0.25) is 0 Å². The molecule has 0 radical (unpaired) electrons. The van der Waals surface area contributed by atoms with Crippen LogP contribution in [0.3, 0.4) is 0 Å². The predicted molar refractivity (Wildman–Crippen MR) is 105 cm³/mol. The van der Waals surface area contributed by atoms with Crippen molar-refractivity contribution >= 4 is 24.4 Å². The molecule has 1 aliphatic rings. The van der Waals surface area contributed by atoms with E-state index >= 15 is 0 Å². The summed E-state index contributed by atoms with van der Waals surface area (Å²) in [6, 6.07) is 8.33. The van der Waals surface area contributed by atoms with Crippen molar-refractivity contribution in [2.75, 3.05) is 14.1 Å². The summed E-state index contributed by atoms with van der Waals surface area (Å²) in [5.41, 5.74) is 2.29. The molecule has 1 fully saturated rings. The Kier molecular flexibility index (Phi) is 10.9. The molecule has 0 spiro atoms. The Morgan fingerprint density at radius 3 is 1.79 bits per heavy atom. The Morgan fingerprint density at radius 1 is 0.958 bits per heavy atom. The van der Waals surface area contributed by atoms with E-state index in [9.17, 15) is 5.41 Å². The van der Waals surface area contributed by atoms with Crippen molar-refractivity contribution in [1.82, 2.24) is 4.90 Å². The van der Waals surface area contributed by atoms with Crippen LogP contribution in [0.15, 0.2) is 24.3 Å². The summed E-state index contributed by atoms with van der Waals surface area (Å²) in [7, 11) is 13.6. The van der Waals surface area contributed by atoms with Crippen LogP contribution < -0.4 is 0 Å². The van der Waals surface area contributed by atoms with Crippen LogP contribution in [-0.2, 0) is 17.0 Å². The van der Waals surface area contributed by atoms with Crippen molar-refractivity contribution in [2.45, 2.75) is 33.6 Å². The molecular formula is C19H30Cl2N2Ti-2. The Balaban J connectivity index is 0.00000123. The van der Waals surface area contributed by atoms with Gasteiger partial charge in [-0.25, -0.2) is 0 Å². The van der Waals surface area contributed by atoms with Gasteiger partial charge in [-0.15, -0.1) is 0 Å². The van der Waals surface area contributed by atoms with Gasteiger partial charge in [0.05, 0.1) is 0 Å². The van der Waals surface area contributed by atoms with Crippen molar-refractivity contribution in [2.24, 2.45) is 23.7 Å². The summed E-state index contributed by atoms with van der Waals surface area (Å²) in [4.78, 5) is 1.79. The molecule has 5 heteroatoms. The number of amidine groups is 1. The standard InChI is InChI=1S/C18H27N2.CH3.2ClH.Ti/c1-11-12(2)14(4)17(13(11)3)15-9-7-8-10-16(15)18(19)20(5)6;;;;/h7-14,17H,1-6H3;1H3;2*1H;/q2*-1;;;+2/p-2. The zero-order chi connectivity index (χ0) is 17.7. The SMILES string of the molecule is CC1C(C)C(C)C(c2ccccc2C(=[N-])N(C)C)C1C.[CH3-].[Cl][Ti][Cl]. The van der Waals surface area contributed by atoms with Crippen molar-refractivity contribution < 1.29 is 17.0 Å². The first kappa shape index (κ1) is 24.0. The Bertz CT molecular complexity index is 508. The molecule has 0 amide bonds. The number of benzene rings is 1. The van der Waals surface area contributed by atoms with Crippen LogP contribution in [0.2, 0.25) is 0 Å². The first-order valence-corrected chi connectivity index (χ1v) is 12.4. The fourth-order valence-corrected chi connectivity index (χ4v) is 3.89. The number of hydrogen-bond acceptors (Lipinski definition) is 0. The molecule has 0 saturated heterocycles. The summed E-state index contributed by atoms with van der Waals surface area (Å²) < 4.78 is 0. The van der Waals surface area contributed by atoms with Crippen LogP contribution in [0.25, 0.3) is 5.41 Å². The van der Waals surface area contributed by atoms with Crippen molar-refractivity contribution in [3.05, 3.63) is 48.2 Å². The summed E-state index contributed by atoms with van der Waals surface area (Å²) in [6.07, 6.45) is 0. The summed E-state index contributed by atoms with van der Waals surface area (Å²) in [5, 5.41) is 10.4. The van der Waals surface area contributed by atoms with E-state index in [1.807, 2.05) is 26.2 Å². The first-order chi connectivity index (χ1) is 10.8. The summed E-state index contributed by atoms with van der Waals surface area (Å²) in [5.74, 6) is 3.65. The van der Waals surface area contributed by atoms with Gasteiger partial charge in [-0.05, 0) is 40.7 Å². The molecule has 24 heavy (non-hydrogen) atoms. The van der Waals surface area contributed by atoms with Gasteiger partial charge in [-0.1, -0.05) is 71.9 Å². The normalized spacial score (nSPS) is 28.2. The van der Waals surface area contributed by atoms with Gasteiger partial charge in [0.2, 0.25) is 0 Å². The molecule has 0 N–H and O–H groups in total. The second-order valence-electron chi connectivity index (χ2n) is 6.84. The second kappa shape index (κ2) is 10.9. The van der Waals surface area contributed by atoms with Crippen LogP contribution in [-0.4, -0.2) is 24.8 Å². The molecule has 1 aromatic carbocycles. The van der Waals surface area contributed by atoms with E-state index in [-0.39, 0.29) is 7.43 Å². The van der Waals surface area contributed by atoms with Crippen LogP contribution in [0.1, 0.15) is 44.7 Å². The summed E-state index contributed by atoms with van der Waals surface area (Å²) >= 11 is -0.556. The zero-order valence-electron chi connectivity index (χ0n) is 15.8. The molecule has 1 aromatic rings. The number of hydrogen-bond donors (Lipinski definition) is 0. The van der Waals surface area contributed by atoms with Crippen LogP contribution in [0, 0.1) is 31.1 Å². The minimum absolute atomic E-state index is 0. The molecule has 0 bridgehead atoms. The van der Waals surface area contributed by atoms with E-state index in [0.29, 0.717) is 23.6 Å². The van der Waals surface area contributed by atoms with Crippen LogP contribution in [0.5, 0.6) is 0 Å². The van der Waals surface area contributed by atoms with Crippen LogP contribution in [0.4, 0.5) is 0 Å². The molecule has 1 saturated carbocycles. The maximum absolute atomic E-state index is 10.4. The quantitative estimate of drug-likeness (QED) is 0.255. The van der Waals surface area contributed by atoms with Gasteiger partial charge in [0, 0.05) is 0 Å².